The lowest BCUT2D eigenvalue weighted by Gasteiger charge is -2.32. The zero-order valence-corrected chi connectivity index (χ0v) is 14.0. The van der Waals surface area contributed by atoms with Crippen LogP contribution in [0.2, 0.25) is 0 Å². The molecule has 0 N–H and O–H groups in total. The fraction of sp³-hybridized carbons (Fsp3) is 0.529. The van der Waals surface area contributed by atoms with E-state index in [4.69, 9.17) is 4.74 Å². The van der Waals surface area contributed by atoms with Gasteiger partial charge in [-0.15, -0.1) is 0 Å². The summed E-state index contributed by atoms with van der Waals surface area (Å²) in [4.78, 5) is 27.7. The van der Waals surface area contributed by atoms with Crippen LogP contribution in [0.5, 0.6) is 0 Å². The van der Waals surface area contributed by atoms with E-state index in [2.05, 4.69) is 15.0 Å². The first-order valence-electron chi connectivity index (χ1n) is 8.34. The molecular weight excluding hydrogens is 306 g/mol. The molecule has 2 fully saturated rings. The normalized spacial score (nSPS) is 21.1. The minimum atomic E-state index is -0.201. The largest absolute Gasteiger partial charge is 0.367 e. The molecule has 24 heavy (non-hydrogen) atoms. The molecule has 2 aromatic heterocycles. The van der Waals surface area contributed by atoms with Crippen LogP contribution in [0.15, 0.2) is 18.6 Å². The van der Waals surface area contributed by atoms with Gasteiger partial charge in [0.15, 0.2) is 0 Å². The SMILES string of the molecule is Cc1cn(C)c(C2CN(C(=O)c3cnc(C4CC4)nc3)CCO2)n1. The maximum atomic E-state index is 12.7. The lowest BCUT2D eigenvalue weighted by molar-refractivity contribution is -0.0279. The van der Waals surface area contributed by atoms with Crippen molar-refractivity contribution in [2.45, 2.75) is 31.8 Å². The number of morpholine rings is 1. The highest BCUT2D eigenvalue weighted by Gasteiger charge is 2.30. The van der Waals surface area contributed by atoms with Crippen molar-refractivity contribution in [2.75, 3.05) is 19.7 Å². The van der Waals surface area contributed by atoms with Gasteiger partial charge in [0.25, 0.3) is 5.91 Å². The van der Waals surface area contributed by atoms with Crippen molar-refractivity contribution in [1.82, 2.24) is 24.4 Å². The Morgan fingerprint density at radius 1 is 1.29 bits per heavy atom. The number of nitrogens with zero attached hydrogens (tertiary/aromatic N) is 5. The van der Waals surface area contributed by atoms with Crippen molar-refractivity contribution < 1.29 is 9.53 Å². The number of carbonyl (C=O) groups is 1. The van der Waals surface area contributed by atoms with Gasteiger partial charge in [0, 0.05) is 38.1 Å². The summed E-state index contributed by atoms with van der Waals surface area (Å²) in [7, 11) is 1.95. The number of hydrogen-bond donors (Lipinski definition) is 0. The molecular formula is C17H21N5O2. The van der Waals surface area contributed by atoms with Gasteiger partial charge in [-0.3, -0.25) is 4.79 Å². The quantitative estimate of drug-likeness (QED) is 0.856. The van der Waals surface area contributed by atoms with Crippen LogP contribution in [0.3, 0.4) is 0 Å². The maximum absolute atomic E-state index is 12.7. The van der Waals surface area contributed by atoms with Gasteiger partial charge >= 0.3 is 0 Å². The Kier molecular flexibility index (Phi) is 3.80. The number of rotatable bonds is 3. The molecule has 1 saturated heterocycles. The van der Waals surface area contributed by atoms with Crippen LogP contribution in [0.1, 0.15) is 52.6 Å². The fourth-order valence-corrected chi connectivity index (χ4v) is 3.11. The third-order valence-corrected chi connectivity index (χ3v) is 4.54. The first kappa shape index (κ1) is 15.3. The predicted molar refractivity (Wildman–Crippen MR) is 86.5 cm³/mol. The molecule has 3 heterocycles. The van der Waals surface area contributed by atoms with Crippen molar-refractivity contribution in [3.8, 4) is 0 Å². The number of ether oxygens (including phenoxy) is 1. The number of amides is 1. The molecule has 0 radical (unpaired) electrons. The molecule has 0 bridgehead atoms. The van der Waals surface area contributed by atoms with Gasteiger partial charge in [0.05, 0.1) is 24.4 Å². The Hall–Kier alpha value is -2.28. The van der Waals surface area contributed by atoms with Gasteiger partial charge in [-0.05, 0) is 19.8 Å². The van der Waals surface area contributed by atoms with Crippen molar-refractivity contribution in [3.05, 3.63) is 41.5 Å². The standard InChI is InChI=1S/C17H21N5O2/c1-11-9-21(2)16(20-11)14-10-22(5-6-24-14)17(23)13-7-18-15(19-8-13)12-3-4-12/h7-9,12,14H,3-6,10H2,1-2H3. The number of aromatic nitrogens is 4. The van der Waals surface area contributed by atoms with Crippen LogP contribution in [-0.4, -0.2) is 50.0 Å². The molecule has 1 atom stereocenters. The summed E-state index contributed by atoms with van der Waals surface area (Å²) in [5.74, 6) is 2.16. The molecule has 4 rings (SSSR count). The lowest BCUT2D eigenvalue weighted by atomic mass is 10.2. The zero-order valence-electron chi connectivity index (χ0n) is 14.0. The molecule has 1 aliphatic carbocycles. The smallest absolute Gasteiger partial charge is 0.257 e. The molecule has 7 nitrogen and oxygen atoms in total. The Balaban J connectivity index is 1.48. The Labute approximate surface area is 140 Å². The lowest BCUT2D eigenvalue weighted by Crippen LogP contribution is -2.43. The van der Waals surface area contributed by atoms with E-state index in [-0.39, 0.29) is 12.0 Å². The van der Waals surface area contributed by atoms with E-state index in [9.17, 15) is 4.79 Å². The molecule has 1 aliphatic heterocycles. The average molecular weight is 327 g/mol. The molecule has 2 aliphatic rings. The highest BCUT2D eigenvalue weighted by molar-refractivity contribution is 5.93. The van der Waals surface area contributed by atoms with Gasteiger partial charge in [-0.2, -0.15) is 0 Å². The summed E-state index contributed by atoms with van der Waals surface area (Å²) in [5.41, 5.74) is 1.49. The number of hydrogen-bond acceptors (Lipinski definition) is 5. The van der Waals surface area contributed by atoms with Gasteiger partial charge in [0.1, 0.15) is 17.8 Å². The first-order chi connectivity index (χ1) is 11.6. The molecule has 1 amide bonds. The molecule has 7 heteroatoms. The van der Waals surface area contributed by atoms with Crippen LogP contribution in [0.25, 0.3) is 0 Å². The molecule has 1 unspecified atom stereocenters. The monoisotopic (exact) mass is 327 g/mol. The van der Waals surface area contributed by atoms with Crippen molar-refractivity contribution in [2.24, 2.45) is 7.05 Å². The van der Waals surface area contributed by atoms with E-state index in [1.807, 2.05) is 24.7 Å². The zero-order chi connectivity index (χ0) is 16.7. The minimum absolute atomic E-state index is 0.0448. The van der Waals surface area contributed by atoms with Crippen LogP contribution in [0, 0.1) is 6.92 Å². The fourth-order valence-electron chi connectivity index (χ4n) is 3.11. The Morgan fingerprint density at radius 2 is 2.04 bits per heavy atom. The molecule has 126 valence electrons. The minimum Gasteiger partial charge on any atom is -0.367 e. The summed E-state index contributed by atoms with van der Waals surface area (Å²) in [5, 5.41) is 0. The average Bonchev–Trinajstić information content (AvgIpc) is 3.39. The van der Waals surface area contributed by atoms with Crippen molar-refractivity contribution in [1.29, 1.82) is 0 Å². The van der Waals surface area contributed by atoms with Gasteiger partial charge in [-0.1, -0.05) is 0 Å². The molecule has 0 spiro atoms. The maximum Gasteiger partial charge on any atom is 0.257 e. The Bertz CT molecular complexity index is 751. The predicted octanol–water partition coefficient (Wildman–Crippen LogP) is 1.61. The van der Waals surface area contributed by atoms with Crippen LogP contribution in [0.4, 0.5) is 0 Å². The summed E-state index contributed by atoms with van der Waals surface area (Å²) < 4.78 is 7.78. The molecule has 2 aromatic rings. The third kappa shape index (κ3) is 2.91. The number of imidazole rings is 1. The van der Waals surface area contributed by atoms with Crippen LogP contribution < -0.4 is 0 Å². The Morgan fingerprint density at radius 3 is 2.67 bits per heavy atom. The summed E-state index contributed by atoms with van der Waals surface area (Å²) in [6, 6.07) is 0. The van der Waals surface area contributed by atoms with Crippen molar-refractivity contribution >= 4 is 5.91 Å². The van der Waals surface area contributed by atoms with Gasteiger partial charge in [-0.25, -0.2) is 15.0 Å². The molecule has 0 aromatic carbocycles. The number of carbonyl (C=O) groups excluding carboxylic acids is 1. The summed E-state index contributed by atoms with van der Waals surface area (Å²) in [6.07, 6.45) is 7.37. The summed E-state index contributed by atoms with van der Waals surface area (Å²) in [6.45, 7) is 3.52. The van der Waals surface area contributed by atoms with E-state index in [0.717, 1.165) is 30.2 Å². The second-order valence-corrected chi connectivity index (χ2v) is 6.57. The second-order valence-electron chi connectivity index (χ2n) is 6.57. The van der Waals surface area contributed by atoms with Crippen LogP contribution in [-0.2, 0) is 11.8 Å². The second kappa shape index (κ2) is 5.98. The van der Waals surface area contributed by atoms with E-state index in [0.29, 0.717) is 31.2 Å². The van der Waals surface area contributed by atoms with Crippen molar-refractivity contribution in [3.63, 3.8) is 0 Å². The highest BCUT2D eigenvalue weighted by atomic mass is 16.5. The van der Waals surface area contributed by atoms with Crippen LogP contribution >= 0.6 is 0 Å². The summed E-state index contributed by atoms with van der Waals surface area (Å²) >= 11 is 0. The van der Waals surface area contributed by atoms with Gasteiger partial charge in [0.2, 0.25) is 0 Å². The first-order valence-corrected chi connectivity index (χ1v) is 8.34. The van der Waals surface area contributed by atoms with Gasteiger partial charge < -0.3 is 14.2 Å². The van der Waals surface area contributed by atoms with E-state index >= 15 is 0 Å². The van der Waals surface area contributed by atoms with E-state index in [1.54, 1.807) is 17.3 Å². The third-order valence-electron chi connectivity index (χ3n) is 4.54. The highest BCUT2D eigenvalue weighted by Crippen LogP contribution is 2.37. The number of aryl methyl sites for hydroxylation is 2. The van der Waals surface area contributed by atoms with E-state index < -0.39 is 0 Å². The molecule has 1 saturated carbocycles. The topological polar surface area (TPSA) is 73.1 Å². The van der Waals surface area contributed by atoms with E-state index in [1.165, 1.54) is 0 Å².